The number of carbonyl (C=O) groups excluding carboxylic acids is 2. The Kier molecular flexibility index (Phi) is 7.83. The number of benzene rings is 2. The molecule has 138 valence electrons. The van der Waals surface area contributed by atoms with Gasteiger partial charge in [-0.25, -0.2) is 0 Å². The van der Waals surface area contributed by atoms with Gasteiger partial charge in [0, 0.05) is 6.54 Å². The van der Waals surface area contributed by atoms with Gasteiger partial charge in [0.25, 0.3) is 0 Å². The maximum atomic E-state index is 12.3. The second-order valence-corrected chi connectivity index (χ2v) is 6.18. The Morgan fingerprint density at radius 3 is 2.04 bits per heavy atom. The molecule has 0 spiro atoms. The lowest BCUT2D eigenvalue weighted by Gasteiger charge is -2.18. The molecule has 0 saturated carbocycles. The molecule has 0 aliphatic rings. The molecule has 2 aromatic carbocycles. The molecule has 1 amide bonds. The second-order valence-electron chi connectivity index (χ2n) is 6.18. The minimum Gasteiger partial charge on any atom is -0.466 e. The van der Waals surface area contributed by atoms with Crippen molar-refractivity contribution in [3.8, 4) is 0 Å². The van der Waals surface area contributed by atoms with E-state index in [1.165, 1.54) is 0 Å². The molecule has 0 saturated heterocycles. The average molecular weight is 354 g/mol. The van der Waals surface area contributed by atoms with Gasteiger partial charge in [0.05, 0.1) is 18.6 Å². The predicted octanol–water partition coefficient (Wildman–Crippen LogP) is 2.09. The third-order valence-electron chi connectivity index (χ3n) is 4.10. The van der Waals surface area contributed by atoms with Crippen LogP contribution < -0.4 is 11.1 Å². The first-order valence-corrected chi connectivity index (χ1v) is 8.88. The lowest BCUT2D eigenvalue weighted by Crippen LogP contribution is -2.45. The molecule has 0 aromatic heterocycles. The fourth-order valence-electron chi connectivity index (χ4n) is 2.71. The molecule has 2 atom stereocenters. The van der Waals surface area contributed by atoms with Crippen LogP contribution in [0.3, 0.4) is 0 Å². The van der Waals surface area contributed by atoms with Gasteiger partial charge in [-0.2, -0.15) is 0 Å². The van der Waals surface area contributed by atoms with Crippen LogP contribution in [0.2, 0.25) is 0 Å². The maximum absolute atomic E-state index is 12.3. The zero-order chi connectivity index (χ0) is 18.8. The van der Waals surface area contributed by atoms with Gasteiger partial charge >= 0.3 is 5.97 Å². The highest BCUT2D eigenvalue weighted by Gasteiger charge is 2.22. The number of hydrogen-bond donors (Lipinski definition) is 2. The molecule has 0 aliphatic carbocycles. The lowest BCUT2D eigenvalue weighted by molar-refractivity contribution is -0.147. The molecule has 3 N–H and O–H groups in total. The fourth-order valence-corrected chi connectivity index (χ4v) is 2.71. The largest absolute Gasteiger partial charge is 0.466 e. The Bertz CT molecular complexity index is 689. The van der Waals surface area contributed by atoms with Crippen LogP contribution in [-0.4, -0.2) is 31.1 Å². The highest BCUT2D eigenvalue weighted by Crippen LogP contribution is 2.10. The quantitative estimate of drug-likeness (QED) is 0.676. The Hall–Kier alpha value is -2.66. The minimum atomic E-state index is -0.656. The molecule has 0 fully saturated rings. The Labute approximate surface area is 154 Å². The molecule has 1 unspecified atom stereocenters. The zero-order valence-corrected chi connectivity index (χ0v) is 15.1. The van der Waals surface area contributed by atoms with E-state index in [0.29, 0.717) is 19.4 Å². The molecule has 5 heteroatoms. The van der Waals surface area contributed by atoms with E-state index in [1.807, 2.05) is 60.7 Å². The van der Waals surface area contributed by atoms with E-state index in [2.05, 4.69) is 5.32 Å². The van der Waals surface area contributed by atoms with Crippen molar-refractivity contribution in [1.29, 1.82) is 0 Å². The smallest absolute Gasteiger partial charge is 0.311 e. The molecule has 0 aliphatic heterocycles. The van der Waals surface area contributed by atoms with Gasteiger partial charge < -0.3 is 15.8 Å². The first-order valence-electron chi connectivity index (χ1n) is 8.88. The normalized spacial score (nSPS) is 12.8. The Morgan fingerprint density at radius 2 is 1.50 bits per heavy atom. The first kappa shape index (κ1) is 19.7. The number of nitrogens with two attached hydrogens (primary N) is 1. The summed E-state index contributed by atoms with van der Waals surface area (Å²) in [6.07, 6.45) is 0.962. The third kappa shape index (κ3) is 6.33. The van der Waals surface area contributed by atoms with E-state index in [9.17, 15) is 9.59 Å². The van der Waals surface area contributed by atoms with Crippen LogP contribution in [0.4, 0.5) is 0 Å². The van der Waals surface area contributed by atoms with Crippen molar-refractivity contribution in [2.24, 2.45) is 11.7 Å². The van der Waals surface area contributed by atoms with Gasteiger partial charge in [0.1, 0.15) is 0 Å². The zero-order valence-electron chi connectivity index (χ0n) is 15.1. The average Bonchev–Trinajstić information content (AvgIpc) is 2.66. The summed E-state index contributed by atoms with van der Waals surface area (Å²) >= 11 is 0. The van der Waals surface area contributed by atoms with Crippen molar-refractivity contribution in [2.45, 2.75) is 25.8 Å². The van der Waals surface area contributed by atoms with Crippen molar-refractivity contribution < 1.29 is 14.3 Å². The highest BCUT2D eigenvalue weighted by molar-refractivity contribution is 5.82. The molecule has 2 rings (SSSR count). The summed E-state index contributed by atoms with van der Waals surface area (Å²) in [4.78, 5) is 24.5. The number of amides is 1. The molecule has 2 aromatic rings. The van der Waals surface area contributed by atoms with Crippen LogP contribution in [0.5, 0.6) is 0 Å². The van der Waals surface area contributed by atoms with Gasteiger partial charge in [-0.15, -0.1) is 0 Å². The minimum absolute atomic E-state index is 0.203. The number of hydrogen-bond acceptors (Lipinski definition) is 4. The van der Waals surface area contributed by atoms with Crippen molar-refractivity contribution in [2.75, 3.05) is 13.2 Å². The fraction of sp³-hybridized carbons (Fsp3) is 0.333. The summed E-state index contributed by atoms with van der Waals surface area (Å²) in [5.41, 5.74) is 8.02. The van der Waals surface area contributed by atoms with Crippen LogP contribution >= 0.6 is 0 Å². The Balaban J connectivity index is 1.92. The van der Waals surface area contributed by atoms with E-state index in [0.717, 1.165) is 11.1 Å². The van der Waals surface area contributed by atoms with Gasteiger partial charge in [0.15, 0.2) is 0 Å². The molecule has 5 nitrogen and oxygen atoms in total. The SMILES string of the molecule is CCOC(=O)C(CNC(=O)[C@@H](N)Cc1ccccc1)Cc1ccccc1. The van der Waals surface area contributed by atoms with Crippen molar-refractivity contribution >= 4 is 11.9 Å². The standard InChI is InChI=1S/C21H26N2O3/c1-2-26-21(25)18(13-16-9-5-3-6-10-16)15-23-20(24)19(22)14-17-11-7-4-8-12-17/h3-12,18-19H,2,13-15,22H2,1H3,(H,23,24)/t18?,19-/m0/s1. The molecule has 26 heavy (non-hydrogen) atoms. The number of carbonyl (C=O) groups is 2. The number of ether oxygens (including phenoxy) is 1. The van der Waals surface area contributed by atoms with E-state index >= 15 is 0 Å². The van der Waals surface area contributed by atoms with Crippen LogP contribution in [-0.2, 0) is 27.2 Å². The van der Waals surface area contributed by atoms with Gasteiger partial charge in [0.2, 0.25) is 5.91 Å². The summed E-state index contributed by atoms with van der Waals surface area (Å²) in [7, 11) is 0. The van der Waals surface area contributed by atoms with Crippen molar-refractivity contribution in [3.63, 3.8) is 0 Å². The summed E-state index contributed by atoms with van der Waals surface area (Å²) in [6.45, 7) is 2.28. The highest BCUT2D eigenvalue weighted by atomic mass is 16.5. The number of esters is 1. The van der Waals surface area contributed by atoms with Crippen molar-refractivity contribution in [3.05, 3.63) is 71.8 Å². The van der Waals surface area contributed by atoms with Crippen molar-refractivity contribution in [1.82, 2.24) is 5.32 Å². The van der Waals surface area contributed by atoms with Crippen LogP contribution in [0.25, 0.3) is 0 Å². The van der Waals surface area contributed by atoms with E-state index in [4.69, 9.17) is 10.5 Å². The lowest BCUT2D eigenvalue weighted by atomic mass is 9.99. The predicted molar refractivity (Wildman–Crippen MR) is 101 cm³/mol. The topological polar surface area (TPSA) is 81.4 Å². The third-order valence-corrected chi connectivity index (χ3v) is 4.10. The summed E-state index contributed by atoms with van der Waals surface area (Å²) < 4.78 is 5.14. The molecule has 0 heterocycles. The van der Waals surface area contributed by atoms with E-state index in [1.54, 1.807) is 6.92 Å². The van der Waals surface area contributed by atoms with Crippen LogP contribution in [0.15, 0.2) is 60.7 Å². The first-order chi connectivity index (χ1) is 12.6. The summed E-state index contributed by atoms with van der Waals surface area (Å²) in [6, 6.07) is 18.6. The summed E-state index contributed by atoms with van der Waals surface area (Å²) in [5.74, 6) is -1.02. The van der Waals surface area contributed by atoms with E-state index in [-0.39, 0.29) is 18.4 Å². The second kappa shape index (κ2) is 10.4. The molecule has 0 bridgehead atoms. The summed E-state index contributed by atoms with van der Waals surface area (Å²) in [5, 5.41) is 2.80. The van der Waals surface area contributed by atoms with Gasteiger partial charge in [-0.3, -0.25) is 9.59 Å². The van der Waals surface area contributed by atoms with Crippen LogP contribution in [0, 0.1) is 5.92 Å². The van der Waals surface area contributed by atoms with Crippen LogP contribution in [0.1, 0.15) is 18.1 Å². The molecular weight excluding hydrogens is 328 g/mol. The molecular formula is C21H26N2O3. The Morgan fingerprint density at radius 1 is 0.962 bits per heavy atom. The number of nitrogens with one attached hydrogen (secondary N) is 1. The van der Waals surface area contributed by atoms with Gasteiger partial charge in [-0.05, 0) is 30.9 Å². The monoisotopic (exact) mass is 354 g/mol. The van der Waals surface area contributed by atoms with E-state index < -0.39 is 12.0 Å². The maximum Gasteiger partial charge on any atom is 0.311 e. The van der Waals surface area contributed by atoms with Gasteiger partial charge in [-0.1, -0.05) is 60.7 Å². The molecule has 0 radical (unpaired) electrons. The number of rotatable bonds is 9.